The second kappa shape index (κ2) is 7.75. The van der Waals surface area contributed by atoms with E-state index in [2.05, 4.69) is 10.6 Å². The molecule has 3 N–H and O–H groups in total. The molecule has 0 bridgehead atoms. The molecule has 0 saturated carbocycles. The van der Waals surface area contributed by atoms with Crippen LogP contribution in [0.5, 0.6) is 5.75 Å². The van der Waals surface area contributed by atoms with Crippen molar-refractivity contribution in [1.82, 2.24) is 5.32 Å². The Bertz CT molecular complexity index is 513. The van der Waals surface area contributed by atoms with Gasteiger partial charge in [0.05, 0.1) is 15.1 Å². The lowest BCUT2D eigenvalue weighted by atomic mass is 9.92. The summed E-state index contributed by atoms with van der Waals surface area (Å²) >= 11 is 17.7. The first-order valence-corrected chi connectivity index (χ1v) is 7.44. The minimum atomic E-state index is -0.267. The van der Waals surface area contributed by atoms with Gasteiger partial charge in [-0.2, -0.15) is 0 Å². The fourth-order valence-corrected chi connectivity index (χ4v) is 2.95. The summed E-state index contributed by atoms with van der Waals surface area (Å²) in [5.41, 5.74) is 0.0698. The summed E-state index contributed by atoms with van der Waals surface area (Å²) in [6.07, 6.45) is 1.47. The Labute approximate surface area is 144 Å². The number of rotatable bonds is 2. The topological polar surface area (TPSA) is 61.4 Å². The largest absolute Gasteiger partial charge is 0.504 e. The van der Waals surface area contributed by atoms with Crippen LogP contribution in [0.2, 0.25) is 15.1 Å². The lowest BCUT2D eigenvalue weighted by molar-refractivity contribution is -0.120. The monoisotopic (exact) mass is 372 g/mol. The van der Waals surface area contributed by atoms with Gasteiger partial charge in [0, 0.05) is 12.0 Å². The first-order valence-electron chi connectivity index (χ1n) is 6.31. The molecule has 2 rings (SSSR count). The third kappa shape index (κ3) is 4.30. The highest BCUT2D eigenvalue weighted by Gasteiger charge is 2.26. The molecule has 0 radical (unpaired) electrons. The Morgan fingerprint density at radius 1 is 1.38 bits per heavy atom. The van der Waals surface area contributed by atoms with Crippen molar-refractivity contribution in [2.75, 3.05) is 11.9 Å². The lowest BCUT2D eigenvalue weighted by Crippen LogP contribution is -2.40. The number of nitrogens with one attached hydrogen (secondary N) is 2. The van der Waals surface area contributed by atoms with Crippen LogP contribution in [0.1, 0.15) is 19.8 Å². The first kappa shape index (κ1) is 18.7. The number of phenolic OH excluding ortho intramolecular Hbond substituents is 1. The molecule has 0 aliphatic carbocycles. The molecule has 0 aromatic heterocycles. The van der Waals surface area contributed by atoms with E-state index >= 15 is 0 Å². The molecular formula is C13H16Cl4N2O2. The van der Waals surface area contributed by atoms with E-state index in [-0.39, 0.29) is 56.8 Å². The minimum absolute atomic E-state index is 0. The fourth-order valence-electron chi connectivity index (χ4n) is 2.30. The molecule has 2 atom stereocenters. The van der Waals surface area contributed by atoms with E-state index in [9.17, 15) is 9.90 Å². The molecule has 4 nitrogen and oxygen atoms in total. The maximum absolute atomic E-state index is 12.2. The van der Waals surface area contributed by atoms with Crippen LogP contribution in [0.3, 0.4) is 0 Å². The van der Waals surface area contributed by atoms with Gasteiger partial charge in [-0.25, -0.2) is 0 Å². The summed E-state index contributed by atoms with van der Waals surface area (Å²) in [6.45, 7) is 2.81. The zero-order valence-corrected chi connectivity index (χ0v) is 14.3. The highest BCUT2D eigenvalue weighted by atomic mass is 35.5. The third-order valence-corrected chi connectivity index (χ3v) is 4.46. The molecule has 1 amide bonds. The SMILES string of the molecule is C[C@H]1C[C@@H](C(=O)Nc2c(O)c(Cl)cc(Cl)c2Cl)CCN1.Cl. The Kier molecular flexibility index (Phi) is 6.88. The highest BCUT2D eigenvalue weighted by Crippen LogP contribution is 2.42. The molecule has 1 aromatic rings. The van der Waals surface area contributed by atoms with Gasteiger partial charge in [-0.1, -0.05) is 34.8 Å². The van der Waals surface area contributed by atoms with Crippen molar-refractivity contribution in [3.8, 4) is 5.75 Å². The molecule has 1 aliphatic rings. The number of anilines is 1. The highest BCUT2D eigenvalue weighted by molar-refractivity contribution is 6.46. The zero-order chi connectivity index (χ0) is 14.9. The van der Waals surface area contributed by atoms with Crippen molar-refractivity contribution in [2.45, 2.75) is 25.8 Å². The van der Waals surface area contributed by atoms with E-state index in [1.807, 2.05) is 6.92 Å². The minimum Gasteiger partial charge on any atom is -0.504 e. The van der Waals surface area contributed by atoms with Gasteiger partial charge in [-0.3, -0.25) is 4.79 Å². The van der Waals surface area contributed by atoms with Gasteiger partial charge in [-0.05, 0) is 32.4 Å². The number of carbonyl (C=O) groups is 1. The van der Waals surface area contributed by atoms with Crippen molar-refractivity contribution >= 4 is 58.8 Å². The number of aromatic hydroxyl groups is 1. The van der Waals surface area contributed by atoms with Gasteiger partial charge in [0.1, 0.15) is 5.69 Å². The van der Waals surface area contributed by atoms with Crippen LogP contribution >= 0.6 is 47.2 Å². The number of amides is 1. The third-order valence-electron chi connectivity index (χ3n) is 3.39. The van der Waals surface area contributed by atoms with Gasteiger partial charge in [0.2, 0.25) is 5.91 Å². The van der Waals surface area contributed by atoms with Crippen LogP contribution in [0.25, 0.3) is 0 Å². The van der Waals surface area contributed by atoms with E-state index < -0.39 is 0 Å². The number of hydrogen-bond acceptors (Lipinski definition) is 3. The summed E-state index contributed by atoms with van der Waals surface area (Å²) in [6, 6.07) is 1.62. The van der Waals surface area contributed by atoms with Crippen molar-refractivity contribution in [1.29, 1.82) is 0 Å². The summed E-state index contributed by atoms with van der Waals surface area (Å²) in [4.78, 5) is 12.2. The number of carbonyl (C=O) groups excluding carboxylic acids is 1. The Morgan fingerprint density at radius 2 is 2.05 bits per heavy atom. The normalized spacial score (nSPS) is 21.5. The predicted molar refractivity (Wildman–Crippen MR) is 89.2 cm³/mol. The molecule has 118 valence electrons. The molecule has 1 fully saturated rings. The predicted octanol–water partition coefficient (Wildman–Crippen LogP) is 4.10. The number of phenols is 1. The van der Waals surface area contributed by atoms with Gasteiger partial charge in [0.15, 0.2) is 5.75 Å². The number of hydrogen-bond donors (Lipinski definition) is 3. The molecule has 8 heteroatoms. The van der Waals surface area contributed by atoms with Gasteiger partial charge in [0.25, 0.3) is 0 Å². The average molecular weight is 374 g/mol. The standard InChI is InChI=1S/C13H15Cl3N2O2.ClH/c1-6-4-7(2-3-17-6)13(20)18-11-10(16)8(14)5-9(15)12(11)19;/h5-7,17,19H,2-4H2,1H3,(H,18,20);1H/t6-,7-;/m0./s1. The van der Waals surface area contributed by atoms with Crippen molar-refractivity contribution < 1.29 is 9.90 Å². The van der Waals surface area contributed by atoms with E-state index in [0.29, 0.717) is 0 Å². The summed E-state index contributed by atoms with van der Waals surface area (Å²) in [5, 5.41) is 16.1. The van der Waals surface area contributed by atoms with Crippen molar-refractivity contribution in [3.05, 3.63) is 21.1 Å². The zero-order valence-electron chi connectivity index (χ0n) is 11.3. The van der Waals surface area contributed by atoms with Crippen LogP contribution in [0.4, 0.5) is 5.69 Å². The van der Waals surface area contributed by atoms with Crippen LogP contribution in [-0.2, 0) is 4.79 Å². The Balaban J connectivity index is 0.00000220. The second-order valence-corrected chi connectivity index (χ2v) is 6.14. The molecule has 1 saturated heterocycles. The lowest BCUT2D eigenvalue weighted by Gasteiger charge is -2.27. The Morgan fingerprint density at radius 3 is 2.67 bits per heavy atom. The van der Waals surface area contributed by atoms with Crippen LogP contribution < -0.4 is 10.6 Å². The summed E-state index contributed by atoms with van der Waals surface area (Å²) in [7, 11) is 0. The van der Waals surface area contributed by atoms with E-state index in [1.165, 1.54) is 6.07 Å². The molecule has 1 aliphatic heterocycles. The summed E-state index contributed by atoms with van der Waals surface area (Å²) < 4.78 is 0. The number of benzene rings is 1. The van der Waals surface area contributed by atoms with Crippen LogP contribution in [0, 0.1) is 5.92 Å². The smallest absolute Gasteiger partial charge is 0.227 e. The molecule has 1 aromatic carbocycles. The van der Waals surface area contributed by atoms with Gasteiger partial charge >= 0.3 is 0 Å². The molecule has 1 heterocycles. The van der Waals surface area contributed by atoms with E-state index in [4.69, 9.17) is 34.8 Å². The maximum atomic E-state index is 12.2. The van der Waals surface area contributed by atoms with Crippen molar-refractivity contribution in [3.63, 3.8) is 0 Å². The quantitative estimate of drug-likeness (QED) is 0.540. The molecule has 21 heavy (non-hydrogen) atoms. The second-order valence-electron chi connectivity index (χ2n) is 4.94. The first-order chi connectivity index (χ1) is 9.40. The van der Waals surface area contributed by atoms with E-state index in [0.717, 1.165) is 19.4 Å². The molecule has 0 unspecified atom stereocenters. The van der Waals surface area contributed by atoms with Gasteiger partial charge < -0.3 is 15.7 Å². The summed E-state index contributed by atoms with van der Waals surface area (Å²) in [5.74, 6) is -0.579. The maximum Gasteiger partial charge on any atom is 0.227 e. The van der Waals surface area contributed by atoms with Crippen LogP contribution in [-0.4, -0.2) is 23.6 Å². The fraction of sp³-hybridized carbons (Fsp3) is 0.462. The van der Waals surface area contributed by atoms with E-state index in [1.54, 1.807) is 0 Å². The van der Waals surface area contributed by atoms with Crippen molar-refractivity contribution in [2.24, 2.45) is 5.92 Å². The number of halogens is 4. The molecular weight excluding hydrogens is 358 g/mol. The van der Waals surface area contributed by atoms with Crippen LogP contribution in [0.15, 0.2) is 6.07 Å². The van der Waals surface area contributed by atoms with Gasteiger partial charge in [-0.15, -0.1) is 12.4 Å². The Hall–Kier alpha value is -0.390. The number of piperidine rings is 1. The molecule has 0 spiro atoms. The average Bonchev–Trinajstić information content (AvgIpc) is 2.41.